The van der Waals surface area contributed by atoms with Crippen LogP contribution in [0.25, 0.3) is 0 Å². The monoisotopic (exact) mass is 353 g/mol. The fourth-order valence-corrected chi connectivity index (χ4v) is 2.01. The molecule has 0 aliphatic carbocycles. The van der Waals surface area contributed by atoms with E-state index in [1.807, 2.05) is 24.3 Å². The Balaban J connectivity index is 1.92. The molecule has 1 aromatic heterocycles. The van der Waals surface area contributed by atoms with E-state index >= 15 is 0 Å². The molecule has 1 aromatic carbocycles. The average Bonchev–Trinajstić information content (AvgIpc) is 2.91. The molecule has 0 aliphatic rings. The number of rotatable bonds is 7. The van der Waals surface area contributed by atoms with Crippen molar-refractivity contribution in [2.45, 2.75) is 6.61 Å². The number of carbonyl (C=O) groups excluding carboxylic acids is 1. The Kier molecular flexibility index (Phi) is 5.98. The van der Waals surface area contributed by atoms with Crippen LogP contribution < -0.4 is 5.32 Å². The maximum atomic E-state index is 12.0. The van der Waals surface area contributed by atoms with E-state index in [1.165, 1.54) is 0 Å². The summed E-state index contributed by atoms with van der Waals surface area (Å²) in [7, 11) is 1.63. The number of hydrogen-bond donors (Lipinski definition) is 1. The van der Waals surface area contributed by atoms with Crippen molar-refractivity contribution in [2.24, 2.45) is 0 Å². The zero-order valence-electron chi connectivity index (χ0n) is 11.6. The minimum Gasteiger partial charge on any atom is -0.444 e. The molecule has 0 aliphatic heterocycles. The molecule has 0 saturated heterocycles. The first-order chi connectivity index (χ1) is 10.2. The van der Waals surface area contributed by atoms with Crippen molar-refractivity contribution in [2.75, 3.05) is 25.6 Å². The first-order valence-electron chi connectivity index (χ1n) is 6.41. The van der Waals surface area contributed by atoms with Crippen LogP contribution in [0.4, 0.5) is 5.69 Å². The van der Waals surface area contributed by atoms with Crippen molar-refractivity contribution in [1.82, 2.24) is 0 Å². The van der Waals surface area contributed by atoms with Crippen LogP contribution in [0, 0.1) is 0 Å². The van der Waals surface area contributed by atoms with Crippen molar-refractivity contribution in [3.8, 4) is 0 Å². The Morgan fingerprint density at radius 3 is 2.86 bits per heavy atom. The fraction of sp³-hybridized carbons (Fsp3) is 0.267. The molecular weight excluding hydrogens is 338 g/mol. The Hall–Kier alpha value is -1.63. The molecule has 0 unspecified atom stereocenters. The second-order valence-electron chi connectivity index (χ2n) is 4.30. The first kappa shape index (κ1) is 15.8. The van der Waals surface area contributed by atoms with Crippen LogP contribution in [0.15, 0.2) is 45.5 Å². The third-order valence-electron chi connectivity index (χ3n) is 2.68. The molecule has 0 fully saturated rings. The van der Waals surface area contributed by atoms with E-state index in [0.29, 0.717) is 30.2 Å². The first-order valence-corrected chi connectivity index (χ1v) is 7.20. The number of nitrogens with one attached hydrogen (secondary N) is 1. The average molecular weight is 354 g/mol. The lowest BCUT2D eigenvalue weighted by Gasteiger charge is -2.07. The van der Waals surface area contributed by atoms with Crippen molar-refractivity contribution in [3.05, 3.63) is 52.4 Å². The summed E-state index contributed by atoms with van der Waals surface area (Å²) < 4.78 is 16.1. The van der Waals surface area contributed by atoms with Gasteiger partial charge in [-0.2, -0.15) is 0 Å². The second-order valence-corrected chi connectivity index (χ2v) is 5.09. The van der Waals surface area contributed by atoms with Crippen molar-refractivity contribution in [3.63, 3.8) is 0 Å². The highest BCUT2D eigenvalue weighted by Gasteiger charge is 2.10. The molecule has 6 heteroatoms. The van der Waals surface area contributed by atoms with Gasteiger partial charge in [-0.15, -0.1) is 0 Å². The van der Waals surface area contributed by atoms with E-state index in [2.05, 4.69) is 21.2 Å². The van der Waals surface area contributed by atoms with Gasteiger partial charge in [0.2, 0.25) is 0 Å². The summed E-state index contributed by atoms with van der Waals surface area (Å²) in [6.07, 6.45) is 0. The molecule has 0 radical (unpaired) electrons. The minimum absolute atomic E-state index is 0.253. The SMILES string of the molecule is COCCOCc1cccc(NC(=O)c2ccc(Br)o2)c1. The highest BCUT2D eigenvalue weighted by molar-refractivity contribution is 9.10. The van der Waals surface area contributed by atoms with Gasteiger partial charge in [-0.05, 0) is 45.8 Å². The van der Waals surface area contributed by atoms with E-state index in [4.69, 9.17) is 13.9 Å². The van der Waals surface area contributed by atoms with E-state index in [-0.39, 0.29) is 11.7 Å². The fourth-order valence-electron chi connectivity index (χ4n) is 1.70. The normalized spacial score (nSPS) is 10.6. The van der Waals surface area contributed by atoms with Gasteiger partial charge >= 0.3 is 0 Å². The molecule has 0 bridgehead atoms. The van der Waals surface area contributed by atoms with Crippen LogP contribution in [0.5, 0.6) is 0 Å². The predicted octanol–water partition coefficient (Wildman–Crippen LogP) is 3.46. The number of anilines is 1. The Bertz CT molecular complexity index is 597. The van der Waals surface area contributed by atoms with Gasteiger partial charge in [-0.25, -0.2) is 0 Å². The number of amides is 1. The highest BCUT2D eigenvalue weighted by Crippen LogP contribution is 2.17. The molecule has 21 heavy (non-hydrogen) atoms. The van der Waals surface area contributed by atoms with E-state index < -0.39 is 0 Å². The Morgan fingerprint density at radius 1 is 1.29 bits per heavy atom. The lowest BCUT2D eigenvalue weighted by molar-refractivity contribution is 0.0617. The second kappa shape index (κ2) is 7.97. The number of halogens is 1. The van der Waals surface area contributed by atoms with Gasteiger partial charge in [0.25, 0.3) is 5.91 Å². The summed E-state index contributed by atoms with van der Waals surface area (Å²) in [5, 5.41) is 2.78. The number of carbonyl (C=O) groups is 1. The van der Waals surface area contributed by atoms with Gasteiger partial charge in [-0.3, -0.25) is 4.79 Å². The molecule has 0 saturated carbocycles. The number of furan rings is 1. The standard InChI is InChI=1S/C15H16BrNO4/c1-19-7-8-20-10-11-3-2-4-12(9-11)17-15(18)13-5-6-14(16)21-13/h2-6,9H,7-8,10H2,1H3,(H,17,18). The van der Waals surface area contributed by atoms with E-state index in [0.717, 1.165) is 5.56 Å². The summed E-state index contributed by atoms with van der Waals surface area (Å²) in [4.78, 5) is 12.0. The number of methoxy groups -OCH3 is 1. The van der Waals surface area contributed by atoms with Gasteiger partial charge in [0.05, 0.1) is 19.8 Å². The minimum atomic E-state index is -0.293. The molecule has 2 aromatic rings. The summed E-state index contributed by atoms with van der Waals surface area (Å²) in [6.45, 7) is 1.57. The van der Waals surface area contributed by atoms with Crippen LogP contribution in [0.2, 0.25) is 0 Å². The van der Waals surface area contributed by atoms with Gasteiger partial charge in [0, 0.05) is 12.8 Å². The smallest absolute Gasteiger partial charge is 0.291 e. The van der Waals surface area contributed by atoms with E-state index in [1.54, 1.807) is 19.2 Å². The van der Waals surface area contributed by atoms with Crippen LogP contribution in [0.1, 0.15) is 16.1 Å². The molecule has 2 rings (SSSR count). The topological polar surface area (TPSA) is 60.7 Å². The highest BCUT2D eigenvalue weighted by atomic mass is 79.9. The molecule has 1 amide bonds. The number of hydrogen-bond acceptors (Lipinski definition) is 4. The van der Waals surface area contributed by atoms with Gasteiger partial charge in [0.15, 0.2) is 10.4 Å². The Morgan fingerprint density at radius 2 is 2.14 bits per heavy atom. The van der Waals surface area contributed by atoms with Crippen molar-refractivity contribution < 1.29 is 18.7 Å². The lowest BCUT2D eigenvalue weighted by Crippen LogP contribution is -2.11. The summed E-state index contributed by atoms with van der Waals surface area (Å²) >= 11 is 3.17. The number of benzene rings is 1. The van der Waals surface area contributed by atoms with E-state index in [9.17, 15) is 4.79 Å². The summed E-state index contributed by atoms with van der Waals surface area (Å²) in [6, 6.07) is 10.8. The zero-order chi connectivity index (χ0) is 15.1. The predicted molar refractivity (Wildman–Crippen MR) is 82.3 cm³/mol. The van der Waals surface area contributed by atoms with Gasteiger partial charge in [0.1, 0.15) is 0 Å². The van der Waals surface area contributed by atoms with Crippen LogP contribution in [0.3, 0.4) is 0 Å². The van der Waals surface area contributed by atoms with Crippen molar-refractivity contribution in [1.29, 1.82) is 0 Å². The van der Waals surface area contributed by atoms with Gasteiger partial charge < -0.3 is 19.2 Å². The van der Waals surface area contributed by atoms with Gasteiger partial charge in [-0.1, -0.05) is 12.1 Å². The maximum absolute atomic E-state index is 12.0. The van der Waals surface area contributed by atoms with Crippen LogP contribution >= 0.6 is 15.9 Å². The molecule has 5 nitrogen and oxygen atoms in total. The maximum Gasteiger partial charge on any atom is 0.291 e. The molecular formula is C15H16BrNO4. The largest absolute Gasteiger partial charge is 0.444 e. The lowest BCUT2D eigenvalue weighted by atomic mass is 10.2. The molecule has 0 atom stereocenters. The molecule has 1 N–H and O–H groups in total. The van der Waals surface area contributed by atoms with Crippen LogP contribution in [-0.4, -0.2) is 26.2 Å². The van der Waals surface area contributed by atoms with Crippen LogP contribution in [-0.2, 0) is 16.1 Å². The summed E-state index contributed by atoms with van der Waals surface area (Å²) in [5.41, 5.74) is 1.67. The molecule has 112 valence electrons. The quantitative estimate of drug-likeness (QED) is 0.774. The van der Waals surface area contributed by atoms with Crippen molar-refractivity contribution >= 4 is 27.5 Å². The Labute approximate surface area is 131 Å². The summed E-state index contributed by atoms with van der Waals surface area (Å²) in [5.74, 6) is -0.0400. The molecule has 1 heterocycles. The number of ether oxygens (including phenoxy) is 2. The molecule has 0 spiro atoms. The zero-order valence-corrected chi connectivity index (χ0v) is 13.2. The third-order valence-corrected chi connectivity index (χ3v) is 3.11. The third kappa shape index (κ3) is 5.00.